The van der Waals surface area contributed by atoms with Gasteiger partial charge in [0.25, 0.3) is 5.91 Å². The van der Waals surface area contributed by atoms with E-state index in [-0.39, 0.29) is 24.2 Å². The minimum Gasteiger partial charge on any atom is -0.361 e. The van der Waals surface area contributed by atoms with Gasteiger partial charge in [-0.05, 0) is 43.4 Å². The fourth-order valence-corrected chi connectivity index (χ4v) is 4.49. The number of carbonyl (C=O) groups is 2. The second-order valence-corrected chi connectivity index (χ2v) is 7.85. The number of carbonyl (C=O) groups excluding carboxylic acids is 2. The molecule has 3 aliphatic rings. The van der Waals surface area contributed by atoms with Gasteiger partial charge in [-0.2, -0.15) is 0 Å². The monoisotopic (exact) mass is 360 g/mol. The number of hydrogen-bond acceptors (Lipinski definition) is 3. The molecule has 6 heteroatoms. The molecule has 2 saturated heterocycles. The molecule has 0 aromatic heterocycles. The van der Waals surface area contributed by atoms with E-state index in [9.17, 15) is 14.0 Å². The van der Waals surface area contributed by atoms with E-state index in [1.807, 2.05) is 4.90 Å². The molecule has 0 bridgehead atoms. The number of hydrogen-bond donors (Lipinski definition) is 0. The second kappa shape index (κ2) is 6.99. The van der Waals surface area contributed by atoms with Crippen molar-refractivity contribution in [2.75, 3.05) is 31.1 Å². The number of ether oxygens (including phenoxy) is 1. The summed E-state index contributed by atoms with van der Waals surface area (Å²) in [5.74, 6) is 0.191. The van der Waals surface area contributed by atoms with Crippen molar-refractivity contribution in [3.05, 3.63) is 30.1 Å². The average Bonchev–Trinajstić information content (AvgIpc) is 3.28. The summed E-state index contributed by atoms with van der Waals surface area (Å²) in [4.78, 5) is 28.4. The summed E-state index contributed by atoms with van der Waals surface area (Å²) in [5.41, 5.74) is 0.0133. The Labute approximate surface area is 153 Å². The maximum Gasteiger partial charge on any atom is 0.253 e. The van der Waals surface area contributed by atoms with Crippen LogP contribution in [0.5, 0.6) is 0 Å². The molecule has 1 saturated carbocycles. The van der Waals surface area contributed by atoms with Crippen molar-refractivity contribution < 1.29 is 18.7 Å². The highest BCUT2D eigenvalue weighted by Crippen LogP contribution is 2.34. The smallest absolute Gasteiger partial charge is 0.253 e. The van der Waals surface area contributed by atoms with E-state index in [1.54, 1.807) is 17.0 Å². The lowest BCUT2D eigenvalue weighted by Crippen LogP contribution is -2.56. The molecule has 1 aromatic rings. The van der Waals surface area contributed by atoms with Crippen molar-refractivity contribution in [3.63, 3.8) is 0 Å². The summed E-state index contributed by atoms with van der Waals surface area (Å²) < 4.78 is 19.4. The zero-order chi connectivity index (χ0) is 18.1. The number of nitrogens with zero attached hydrogens (tertiary/aromatic N) is 2. The van der Waals surface area contributed by atoms with Gasteiger partial charge in [0.1, 0.15) is 18.0 Å². The van der Waals surface area contributed by atoms with Gasteiger partial charge in [-0.1, -0.05) is 18.9 Å². The van der Waals surface area contributed by atoms with Crippen LogP contribution in [0.1, 0.15) is 38.5 Å². The Hall–Kier alpha value is -1.95. The van der Waals surface area contributed by atoms with Crippen LogP contribution in [0, 0.1) is 11.7 Å². The molecule has 26 heavy (non-hydrogen) atoms. The van der Waals surface area contributed by atoms with Gasteiger partial charge in [-0.3, -0.25) is 9.59 Å². The molecule has 4 rings (SSSR count). The maximum absolute atomic E-state index is 13.6. The molecule has 2 aliphatic heterocycles. The van der Waals surface area contributed by atoms with Crippen molar-refractivity contribution in [1.82, 2.24) is 4.90 Å². The summed E-state index contributed by atoms with van der Waals surface area (Å²) in [7, 11) is 0. The zero-order valence-electron chi connectivity index (χ0n) is 15.0. The van der Waals surface area contributed by atoms with Crippen LogP contribution < -0.4 is 4.90 Å². The third kappa shape index (κ3) is 3.47. The molecule has 1 unspecified atom stereocenters. The third-order valence-electron chi connectivity index (χ3n) is 5.98. The number of benzene rings is 1. The van der Waals surface area contributed by atoms with E-state index in [0.29, 0.717) is 44.1 Å². The first kappa shape index (κ1) is 17.5. The van der Waals surface area contributed by atoms with Crippen LogP contribution in [-0.2, 0) is 14.3 Å². The molecule has 1 aromatic carbocycles. The van der Waals surface area contributed by atoms with E-state index in [0.717, 1.165) is 12.8 Å². The highest BCUT2D eigenvalue weighted by molar-refractivity contribution is 5.95. The van der Waals surface area contributed by atoms with Crippen LogP contribution in [0.15, 0.2) is 24.3 Å². The second-order valence-electron chi connectivity index (χ2n) is 7.85. The number of likely N-dealkylation sites (tertiary alicyclic amines) is 1. The van der Waals surface area contributed by atoms with Gasteiger partial charge in [0.15, 0.2) is 0 Å². The molecule has 140 valence electrons. The van der Waals surface area contributed by atoms with Gasteiger partial charge in [0.05, 0.1) is 13.1 Å². The first-order valence-electron chi connectivity index (χ1n) is 9.52. The SMILES string of the molecule is O=C(CC1CCCC1)N1CCC2(C1)CN(c1cccc(F)c1)C(=O)CO2. The average molecular weight is 360 g/mol. The van der Waals surface area contributed by atoms with Crippen LogP contribution >= 0.6 is 0 Å². The Morgan fingerprint density at radius 3 is 2.85 bits per heavy atom. The van der Waals surface area contributed by atoms with E-state index in [2.05, 4.69) is 0 Å². The summed E-state index contributed by atoms with van der Waals surface area (Å²) in [6.45, 7) is 1.51. The van der Waals surface area contributed by atoms with Crippen molar-refractivity contribution in [2.45, 2.75) is 44.1 Å². The number of morpholine rings is 1. The molecule has 0 N–H and O–H groups in total. The lowest BCUT2D eigenvalue weighted by atomic mass is 9.99. The molecule has 0 radical (unpaired) electrons. The highest BCUT2D eigenvalue weighted by atomic mass is 19.1. The number of anilines is 1. The Balaban J connectivity index is 1.43. The lowest BCUT2D eigenvalue weighted by molar-refractivity contribution is -0.139. The lowest BCUT2D eigenvalue weighted by Gasteiger charge is -2.40. The summed E-state index contributed by atoms with van der Waals surface area (Å²) in [6.07, 6.45) is 6.11. The van der Waals surface area contributed by atoms with Crippen molar-refractivity contribution >= 4 is 17.5 Å². The van der Waals surface area contributed by atoms with Gasteiger partial charge >= 0.3 is 0 Å². The van der Waals surface area contributed by atoms with Gasteiger partial charge in [-0.15, -0.1) is 0 Å². The number of halogens is 1. The minimum atomic E-state index is -0.536. The number of amides is 2. The third-order valence-corrected chi connectivity index (χ3v) is 5.98. The minimum absolute atomic E-state index is 0.0266. The predicted molar refractivity (Wildman–Crippen MR) is 95.2 cm³/mol. The molecule has 1 aliphatic carbocycles. The predicted octanol–water partition coefficient (Wildman–Crippen LogP) is 2.74. The van der Waals surface area contributed by atoms with Crippen LogP contribution in [-0.4, -0.2) is 48.6 Å². The molecular formula is C20H25FN2O3. The Kier molecular flexibility index (Phi) is 4.69. The zero-order valence-corrected chi connectivity index (χ0v) is 15.0. The topological polar surface area (TPSA) is 49.9 Å². The van der Waals surface area contributed by atoms with Gasteiger partial charge in [0, 0.05) is 18.7 Å². The molecular weight excluding hydrogens is 335 g/mol. The van der Waals surface area contributed by atoms with E-state index in [4.69, 9.17) is 4.74 Å². The van der Waals surface area contributed by atoms with Crippen molar-refractivity contribution in [3.8, 4) is 0 Å². The quantitative estimate of drug-likeness (QED) is 0.833. The molecule has 1 atom stereocenters. The van der Waals surface area contributed by atoms with Crippen LogP contribution in [0.2, 0.25) is 0 Å². The first-order chi connectivity index (χ1) is 12.5. The summed E-state index contributed by atoms with van der Waals surface area (Å²) >= 11 is 0. The number of rotatable bonds is 3. The fraction of sp³-hybridized carbons (Fsp3) is 0.600. The molecule has 3 fully saturated rings. The van der Waals surface area contributed by atoms with Crippen LogP contribution in [0.3, 0.4) is 0 Å². The Morgan fingerprint density at radius 1 is 1.27 bits per heavy atom. The highest BCUT2D eigenvalue weighted by Gasteiger charge is 2.46. The normalized spacial score (nSPS) is 26.9. The van der Waals surface area contributed by atoms with Crippen molar-refractivity contribution in [1.29, 1.82) is 0 Å². The maximum atomic E-state index is 13.6. The van der Waals surface area contributed by atoms with Crippen molar-refractivity contribution in [2.24, 2.45) is 5.92 Å². The summed E-state index contributed by atoms with van der Waals surface area (Å²) in [5, 5.41) is 0. The van der Waals surface area contributed by atoms with Gasteiger partial charge in [0.2, 0.25) is 5.91 Å². The summed E-state index contributed by atoms with van der Waals surface area (Å²) in [6, 6.07) is 6.07. The van der Waals surface area contributed by atoms with E-state index in [1.165, 1.54) is 25.0 Å². The molecule has 1 spiro atoms. The van der Waals surface area contributed by atoms with Gasteiger partial charge in [-0.25, -0.2) is 4.39 Å². The van der Waals surface area contributed by atoms with Gasteiger partial charge < -0.3 is 14.5 Å². The van der Waals surface area contributed by atoms with Crippen LogP contribution in [0.25, 0.3) is 0 Å². The first-order valence-corrected chi connectivity index (χ1v) is 9.52. The molecule has 5 nitrogen and oxygen atoms in total. The van der Waals surface area contributed by atoms with E-state index < -0.39 is 5.60 Å². The standard InChI is InChI=1S/C20H25FN2O3/c21-16-6-3-7-17(11-16)23-14-20(26-12-19(23)25)8-9-22(13-20)18(24)10-15-4-1-2-5-15/h3,6-7,11,15H,1-2,4-5,8-10,12-14H2. The van der Waals surface area contributed by atoms with Crippen LogP contribution in [0.4, 0.5) is 10.1 Å². The fourth-order valence-electron chi connectivity index (χ4n) is 4.49. The Bertz CT molecular complexity index is 704. The largest absolute Gasteiger partial charge is 0.361 e. The molecule has 2 amide bonds. The molecule has 2 heterocycles. The Morgan fingerprint density at radius 2 is 2.08 bits per heavy atom. The van der Waals surface area contributed by atoms with E-state index >= 15 is 0 Å².